The van der Waals surface area contributed by atoms with Crippen molar-refractivity contribution in [3.63, 3.8) is 0 Å². The average Bonchev–Trinajstić information content (AvgIpc) is 3.50. The molecule has 7 aromatic carbocycles. The SMILES string of the molecule is [C-]#[N+]c1ccc2c(c1)c1ccccc1n2-c1cccc(-c2cc(C#N)cc([Si](c3ccccc3)(c3ccccc3)c3ccccc3)c2)c1. The summed E-state index contributed by atoms with van der Waals surface area (Å²) < 4.78 is 2.27. The second kappa shape index (κ2) is 12.0. The Kier molecular flexibility index (Phi) is 7.27. The third-order valence-corrected chi connectivity index (χ3v) is 14.1. The number of hydrogen-bond donors (Lipinski definition) is 0. The third-order valence-electron chi connectivity index (χ3n) is 9.34. The molecule has 0 aliphatic heterocycles. The van der Waals surface area contributed by atoms with Gasteiger partial charge in [-0.15, -0.1) is 0 Å². The van der Waals surface area contributed by atoms with Crippen molar-refractivity contribution in [1.82, 2.24) is 4.57 Å². The van der Waals surface area contributed by atoms with Crippen LogP contribution in [-0.4, -0.2) is 12.6 Å². The minimum atomic E-state index is -2.84. The van der Waals surface area contributed by atoms with Crippen LogP contribution in [0.4, 0.5) is 5.69 Å². The zero-order chi connectivity index (χ0) is 32.5. The van der Waals surface area contributed by atoms with E-state index in [4.69, 9.17) is 6.57 Å². The fraction of sp³-hybridized carbons (Fsp3) is 0. The van der Waals surface area contributed by atoms with Crippen LogP contribution < -0.4 is 20.7 Å². The number of hydrogen-bond acceptors (Lipinski definition) is 1. The van der Waals surface area contributed by atoms with Crippen molar-refractivity contribution in [2.45, 2.75) is 0 Å². The highest BCUT2D eigenvalue weighted by atomic mass is 28.3. The lowest BCUT2D eigenvalue weighted by molar-refractivity contribution is 1.18. The Bertz CT molecular complexity index is 2430. The molecule has 0 aliphatic carbocycles. The molecule has 0 saturated carbocycles. The number of nitrogens with zero attached hydrogens (tertiary/aromatic N) is 3. The van der Waals surface area contributed by atoms with E-state index in [1.807, 2.05) is 30.3 Å². The van der Waals surface area contributed by atoms with Crippen LogP contribution in [0.1, 0.15) is 5.56 Å². The number of para-hydroxylation sites is 1. The summed E-state index contributed by atoms with van der Waals surface area (Å²) in [6, 6.07) is 64.1. The van der Waals surface area contributed by atoms with Gasteiger partial charge < -0.3 is 4.57 Å². The van der Waals surface area contributed by atoms with Gasteiger partial charge in [0.1, 0.15) is 0 Å². The summed E-state index contributed by atoms with van der Waals surface area (Å²) in [6.45, 7) is 7.58. The first kappa shape index (κ1) is 29.0. The van der Waals surface area contributed by atoms with Gasteiger partial charge in [-0.1, -0.05) is 133 Å². The Morgan fingerprint density at radius 3 is 1.73 bits per heavy atom. The van der Waals surface area contributed by atoms with E-state index in [0.717, 1.165) is 43.8 Å². The Balaban J connectivity index is 1.38. The highest BCUT2D eigenvalue weighted by molar-refractivity contribution is 7.19. The van der Waals surface area contributed by atoms with Crippen LogP contribution in [0.5, 0.6) is 0 Å². The molecule has 3 nitrogen and oxygen atoms in total. The van der Waals surface area contributed by atoms with E-state index >= 15 is 0 Å². The van der Waals surface area contributed by atoms with E-state index < -0.39 is 8.07 Å². The van der Waals surface area contributed by atoms with Gasteiger partial charge in [0.2, 0.25) is 0 Å². The van der Waals surface area contributed by atoms with Crippen LogP contribution >= 0.6 is 0 Å². The molecule has 4 heteroatoms. The van der Waals surface area contributed by atoms with E-state index in [2.05, 4.69) is 161 Å². The van der Waals surface area contributed by atoms with Crippen molar-refractivity contribution in [3.8, 4) is 22.9 Å². The second-order valence-electron chi connectivity index (χ2n) is 12.0. The lowest BCUT2D eigenvalue weighted by Gasteiger charge is -2.34. The van der Waals surface area contributed by atoms with Crippen LogP contribution in [0.15, 0.2) is 176 Å². The van der Waals surface area contributed by atoms with Crippen molar-refractivity contribution in [3.05, 3.63) is 193 Å². The molecule has 0 spiro atoms. The zero-order valence-electron chi connectivity index (χ0n) is 26.1. The second-order valence-corrected chi connectivity index (χ2v) is 15.8. The minimum absolute atomic E-state index is 0.628. The minimum Gasteiger partial charge on any atom is -0.309 e. The van der Waals surface area contributed by atoms with Crippen molar-refractivity contribution < 1.29 is 0 Å². The molecule has 0 saturated heterocycles. The summed E-state index contributed by atoms with van der Waals surface area (Å²) in [7, 11) is -2.84. The summed E-state index contributed by atoms with van der Waals surface area (Å²) in [6.07, 6.45) is 0. The predicted octanol–water partition coefficient (Wildman–Crippen LogP) is 8.25. The first-order valence-electron chi connectivity index (χ1n) is 15.9. The summed E-state index contributed by atoms with van der Waals surface area (Å²) in [5, 5.41) is 17.6. The van der Waals surface area contributed by atoms with Gasteiger partial charge in [-0.2, -0.15) is 5.26 Å². The van der Waals surface area contributed by atoms with Crippen molar-refractivity contribution in [1.29, 1.82) is 5.26 Å². The lowest BCUT2D eigenvalue weighted by Crippen LogP contribution is -2.74. The number of benzene rings is 7. The molecular formula is C44H29N3Si. The van der Waals surface area contributed by atoms with Gasteiger partial charge >= 0.3 is 0 Å². The molecule has 0 radical (unpaired) electrons. The molecule has 48 heavy (non-hydrogen) atoms. The van der Waals surface area contributed by atoms with Crippen LogP contribution in [0.3, 0.4) is 0 Å². The Labute approximate surface area is 281 Å². The lowest BCUT2D eigenvalue weighted by atomic mass is 10.0. The Morgan fingerprint density at radius 2 is 1.10 bits per heavy atom. The predicted molar refractivity (Wildman–Crippen MR) is 201 cm³/mol. The van der Waals surface area contributed by atoms with Crippen molar-refractivity contribution in [2.24, 2.45) is 0 Å². The first-order valence-corrected chi connectivity index (χ1v) is 17.9. The van der Waals surface area contributed by atoms with Gasteiger partial charge in [0.05, 0.1) is 29.2 Å². The molecule has 8 rings (SSSR count). The van der Waals surface area contributed by atoms with Gasteiger partial charge in [0, 0.05) is 11.1 Å². The third kappa shape index (κ3) is 4.72. The Morgan fingerprint density at radius 1 is 0.500 bits per heavy atom. The van der Waals surface area contributed by atoms with Crippen LogP contribution in [0, 0.1) is 17.9 Å². The standard InChI is InChI=1S/C44H29N3Si/c1-46-35-24-25-44-42(30-35)41-22-11-12-23-43(41)47(44)36-15-13-14-33(28-36)34-26-32(31-45)27-40(29-34)48(37-16-5-2-6-17-37,38-18-7-3-8-19-38)39-20-9-4-10-21-39/h2-30H. The average molecular weight is 628 g/mol. The maximum absolute atomic E-state index is 10.4. The molecule has 224 valence electrons. The quantitative estimate of drug-likeness (QED) is 0.104. The van der Waals surface area contributed by atoms with Gasteiger partial charge in [-0.25, -0.2) is 4.85 Å². The van der Waals surface area contributed by atoms with E-state index in [-0.39, 0.29) is 0 Å². The number of nitriles is 1. The fourth-order valence-electron chi connectivity index (χ4n) is 7.27. The van der Waals surface area contributed by atoms with Crippen molar-refractivity contribution >= 4 is 56.3 Å². The highest BCUT2D eigenvalue weighted by Gasteiger charge is 2.41. The maximum Gasteiger partial charge on any atom is 0.188 e. The monoisotopic (exact) mass is 627 g/mol. The Hall–Kier alpha value is -6.46. The number of rotatable bonds is 6. The molecule has 0 amide bonds. The molecule has 8 aromatic rings. The summed E-state index contributed by atoms with van der Waals surface area (Å²) >= 11 is 0. The van der Waals surface area contributed by atoms with Crippen molar-refractivity contribution in [2.75, 3.05) is 0 Å². The molecule has 0 atom stereocenters. The van der Waals surface area contributed by atoms with Crippen LogP contribution in [0.25, 0.3) is 43.5 Å². The van der Waals surface area contributed by atoms with E-state index in [0.29, 0.717) is 11.3 Å². The van der Waals surface area contributed by atoms with E-state index in [1.165, 1.54) is 15.6 Å². The molecule has 0 fully saturated rings. The fourth-order valence-corrected chi connectivity index (χ4v) is 12.1. The van der Waals surface area contributed by atoms with Gasteiger partial charge in [-0.3, -0.25) is 0 Å². The summed E-state index contributed by atoms with van der Waals surface area (Å²) in [5.41, 5.74) is 6.46. The van der Waals surface area contributed by atoms with E-state index in [9.17, 15) is 5.26 Å². The molecule has 1 aromatic heterocycles. The van der Waals surface area contributed by atoms with E-state index in [1.54, 1.807) is 0 Å². The highest BCUT2D eigenvalue weighted by Crippen LogP contribution is 2.35. The number of fused-ring (bicyclic) bond motifs is 3. The maximum atomic E-state index is 10.4. The smallest absolute Gasteiger partial charge is 0.188 e. The molecule has 1 heterocycles. The van der Waals surface area contributed by atoms with Gasteiger partial charge in [0.15, 0.2) is 13.8 Å². The van der Waals surface area contributed by atoms with Crippen LogP contribution in [0.2, 0.25) is 0 Å². The van der Waals surface area contributed by atoms with Gasteiger partial charge in [0.25, 0.3) is 0 Å². The summed E-state index contributed by atoms with van der Waals surface area (Å²) in [5.74, 6) is 0. The van der Waals surface area contributed by atoms with Gasteiger partial charge in [-0.05, 0) is 79.7 Å². The number of aromatic nitrogens is 1. The largest absolute Gasteiger partial charge is 0.309 e. The van der Waals surface area contributed by atoms with Crippen LogP contribution in [-0.2, 0) is 0 Å². The molecule has 0 unspecified atom stereocenters. The molecule has 0 bridgehead atoms. The molecule has 0 N–H and O–H groups in total. The normalized spacial score (nSPS) is 11.3. The molecule has 0 aliphatic rings. The first-order chi connectivity index (χ1) is 23.7. The molecular weight excluding hydrogens is 599 g/mol. The summed E-state index contributed by atoms with van der Waals surface area (Å²) in [4.78, 5) is 3.69. The topological polar surface area (TPSA) is 33.1 Å². The zero-order valence-corrected chi connectivity index (χ0v) is 27.1.